The predicted molar refractivity (Wildman–Crippen MR) is 140 cm³/mol. The largest absolute Gasteiger partial charge is 0.350 e. The molecule has 2 aliphatic carbocycles. The molecule has 2 N–H and O–H groups in total. The summed E-state index contributed by atoms with van der Waals surface area (Å²) in [5.74, 6) is -0.0493. The number of ketones is 2. The van der Waals surface area contributed by atoms with Crippen molar-refractivity contribution in [3.63, 3.8) is 0 Å². The highest BCUT2D eigenvalue weighted by molar-refractivity contribution is 7.98. The monoisotopic (exact) mass is 509 g/mol. The lowest BCUT2D eigenvalue weighted by Gasteiger charge is -2.29. The summed E-state index contributed by atoms with van der Waals surface area (Å²) >= 11 is 1.63. The Hall–Kier alpha value is -2.61. The third-order valence-electron chi connectivity index (χ3n) is 8.50. The fraction of sp³-hybridized carbons (Fsp3) is 0.571. The number of H-pyrrole nitrogens is 1. The molecule has 0 spiro atoms. The van der Waals surface area contributed by atoms with Crippen LogP contribution < -0.4 is 5.32 Å². The summed E-state index contributed by atoms with van der Waals surface area (Å²) in [5.41, 5.74) is 1.39. The number of amides is 2. The predicted octanol–water partition coefficient (Wildman–Crippen LogP) is 4.35. The van der Waals surface area contributed by atoms with E-state index in [9.17, 15) is 19.2 Å². The van der Waals surface area contributed by atoms with Gasteiger partial charge in [0.1, 0.15) is 17.5 Å². The highest BCUT2D eigenvalue weighted by Gasteiger charge is 2.50. The van der Waals surface area contributed by atoms with Crippen LogP contribution in [0.3, 0.4) is 0 Å². The molecule has 2 aromatic rings. The van der Waals surface area contributed by atoms with Crippen molar-refractivity contribution in [2.45, 2.75) is 75.3 Å². The van der Waals surface area contributed by atoms with Gasteiger partial charge in [-0.3, -0.25) is 19.2 Å². The molecule has 192 valence electrons. The van der Waals surface area contributed by atoms with Crippen LogP contribution >= 0.6 is 11.8 Å². The zero-order valence-electron chi connectivity index (χ0n) is 21.0. The fourth-order valence-electron chi connectivity index (χ4n) is 6.62. The minimum Gasteiger partial charge on any atom is -0.350 e. The van der Waals surface area contributed by atoms with E-state index in [0.717, 1.165) is 47.9 Å². The fourth-order valence-corrected chi connectivity index (χ4v) is 7.23. The number of thioether (sulfide) groups is 1. The molecule has 3 aliphatic rings. The Bertz CT molecular complexity index is 1190. The first-order valence-corrected chi connectivity index (χ1v) is 14.5. The van der Waals surface area contributed by atoms with Crippen molar-refractivity contribution in [2.75, 3.05) is 12.8 Å². The number of carbonyl (C=O) groups excluding carboxylic acids is 4. The Balaban J connectivity index is 1.39. The van der Waals surface area contributed by atoms with E-state index < -0.39 is 12.1 Å². The lowest BCUT2D eigenvalue weighted by atomic mass is 9.91. The normalized spacial score (nSPS) is 26.4. The average Bonchev–Trinajstić information content (AvgIpc) is 3.66. The zero-order valence-corrected chi connectivity index (χ0v) is 21.9. The van der Waals surface area contributed by atoms with Crippen LogP contribution in [0.2, 0.25) is 0 Å². The first-order valence-electron chi connectivity index (χ1n) is 13.2. The molecule has 5 unspecified atom stereocenters. The van der Waals surface area contributed by atoms with Crippen LogP contribution in [0.5, 0.6) is 0 Å². The number of nitrogens with one attached hydrogen (secondary N) is 2. The summed E-state index contributed by atoms with van der Waals surface area (Å²) < 4.78 is 0. The minimum atomic E-state index is -0.677. The van der Waals surface area contributed by atoms with Crippen LogP contribution in [-0.4, -0.2) is 58.1 Å². The van der Waals surface area contributed by atoms with Crippen LogP contribution in [0.15, 0.2) is 29.2 Å². The second-order valence-corrected chi connectivity index (χ2v) is 11.4. The van der Waals surface area contributed by atoms with Crippen molar-refractivity contribution in [1.29, 1.82) is 0 Å². The van der Waals surface area contributed by atoms with Gasteiger partial charge in [0.25, 0.3) is 5.91 Å². The van der Waals surface area contributed by atoms with Crippen LogP contribution in [-0.2, 0) is 14.4 Å². The molecule has 0 radical (unpaired) electrons. The molecule has 1 aromatic carbocycles. The van der Waals surface area contributed by atoms with E-state index in [-0.39, 0.29) is 35.2 Å². The minimum absolute atomic E-state index is 0.0536. The first kappa shape index (κ1) is 25.1. The molecule has 2 saturated carbocycles. The molecule has 3 fully saturated rings. The molecule has 0 bridgehead atoms. The van der Waals surface area contributed by atoms with Crippen molar-refractivity contribution >= 4 is 46.0 Å². The molecule has 2 heterocycles. The molecule has 2 amide bonds. The number of aromatic nitrogens is 1. The molecule has 5 atom stereocenters. The summed E-state index contributed by atoms with van der Waals surface area (Å²) in [6, 6.07) is 6.58. The number of hydrogen-bond acceptors (Lipinski definition) is 5. The molecule has 7 nitrogen and oxygen atoms in total. The summed E-state index contributed by atoms with van der Waals surface area (Å²) in [6.45, 7) is 2.34. The topological polar surface area (TPSA) is 99.3 Å². The van der Waals surface area contributed by atoms with E-state index in [1.165, 1.54) is 0 Å². The standard InChI is InChI=1S/C28H35N3O4S/c1-3-23(32)21(13-16-7-5-11-24(16)33)30-27(34)26-18-9-4-8-17(18)15-31(26)28(35)22-14-19-20(29-22)10-6-12-25(19)36-2/h6,10,12,14,16-18,21,26,29H,3-5,7-9,11,13,15H2,1-2H3,(H,30,34). The summed E-state index contributed by atoms with van der Waals surface area (Å²) in [6.07, 6.45) is 7.84. The number of Topliss-reactive ketones (excluding diaryl/α,β-unsaturated/α-hetero) is 2. The number of fused-ring (bicyclic) bond motifs is 2. The van der Waals surface area contributed by atoms with Crippen molar-refractivity contribution in [1.82, 2.24) is 15.2 Å². The second kappa shape index (κ2) is 10.4. The van der Waals surface area contributed by atoms with Gasteiger partial charge in [-0.05, 0) is 68.4 Å². The summed E-state index contributed by atoms with van der Waals surface area (Å²) in [7, 11) is 0. The molecule has 1 aromatic heterocycles. The van der Waals surface area contributed by atoms with Crippen molar-refractivity contribution in [3.8, 4) is 0 Å². The Morgan fingerprint density at radius 3 is 2.75 bits per heavy atom. The highest BCUT2D eigenvalue weighted by atomic mass is 32.2. The van der Waals surface area contributed by atoms with Gasteiger partial charge in [0.15, 0.2) is 5.78 Å². The first-order chi connectivity index (χ1) is 17.4. The molecular weight excluding hydrogens is 474 g/mol. The summed E-state index contributed by atoms with van der Waals surface area (Å²) in [5, 5.41) is 4.01. The van der Waals surface area contributed by atoms with Gasteiger partial charge in [-0.1, -0.05) is 19.4 Å². The quantitative estimate of drug-likeness (QED) is 0.516. The van der Waals surface area contributed by atoms with Crippen molar-refractivity contribution in [2.24, 2.45) is 17.8 Å². The smallest absolute Gasteiger partial charge is 0.271 e. The maximum Gasteiger partial charge on any atom is 0.271 e. The van der Waals surface area contributed by atoms with Gasteiger partial charge in [0, 0.05) is 41.1 Å². The van der Waals surface area contributed by atoms with Gasteiger partial charge < -0.3 is 15.2 Å². The van der Waals surface area contributed by atoms with Crippen LogP contribution in [0.4, 0.5) is 0 Å². The Kier molecular flexibility index (Phi) is 7.24. The number of carbonyl (C=O) groups is 4. The lowest BCUT2D eigenvalue weighted by Crippen LogP contribution is -2.53. The number of hydrogen-bond donors (Lipinski definition) is 2. The Labute approximate surface area is 216 Å². The SMILES string of the molecule is CCC(=O)C(CC1CCCC1=O)NC(=O)C1C2CCCC2CN1C(=O)c1cc2c(SC)cccc2[nH]1. The molecule has 1 saturated heterocycles. The van der Waals surface area contributed by atoms with E-state index in [4.69, 9.17) is 0 Å². The van der Waals surface area contributed by atoms with Gasteiger partial charge in [-0.25, -0.2) is 0 Å². The van der Waals surface area contributed by atoms with Crippen LogP contribution in [0, 0.1) is 17.8 Å². The molecule has 5 rings (SSSR count). The Morgan fingerprint density at radius 1 is 1.19 bits per heavy atom. The van der Waals surface area contributed by atoms with Gasteiger partial charge in [-0.2, -0.15) is 0 Å². The van der Waals surface area contributed by atoms with E-state index >= 15 is 0 Å². The van der Waals surface area contributed by atoms with Crippen molar-refractivity contribution < 1.29 is 19.2 Å². The van der Waals surface area contributed by atoms with Gasteiger partial charge in [-0.15, -0.1) is 11.8 Å². The number of rotatable bonds is 8. The molecule has 1 aliphatic heterocycles. The third kappa shape index (κ3) is 4.60. The maximum absolute atomic E-state index is 13.8. The molecule has 36 heavy (non-hydrogen) atoms. The molecular formula is C28H35N3O4S. The highest BCUT2D eigenvalue weighted by Crippen LogP contribution is 2.43. The number of benzene rings is 1. The van der Waals surface area contributed by atoms with Gasteiger partial charge in [0.2, 0.25) is 5.91 Å². The molecule has 8 heteroatoms. The summed E-state index contributed by atoms with van der Waals surface area (Å²) in [4.78, 5) is 58.6. The third-order valence-corrected chi connectivity index (χ3v) is 9.30. The van der Waals surface area contributed by atoms with Gasteiger partial charge in [0.05, 0.1) is 6.04 Å². The Morgan fingerprint density at radius 2 is 2.03 bits per heavy atom. The van der Waals surface area contributed by atoms with E-state index in [1.807, 2.05) is 30.5 Å². The number of nitrogens with zero attached hydrogens (tertiary/aromatic N) is 1. The van der Waals surface area contributed by atoms with E-state index in [1.54, 1.807) is 23.6 Å². The van der Waals surface area contributed by atoms with Gasteiger partial charge >= 0.3 is 0 Å². The average molecular weight is 510 g/mol. The van der Waals surface area contributed by atoms with Crippen molar-refractivity contribution in [3.05, 3.63) is 30.0 Å². The zero-order chi connectivity index (χ0) is 25.4. The van der Waals surface area contributed by atoms with Crippen LogP contribution in [0.1, 0.15) is 68.8 Å². The maximum atomic E-state index is 13.8. The lowest BCUT2D eigenvalue weighted by molar-refractivity contribution is -0.131. The number of likely N-dealkylation sites (tertiary alicyclic amines) is 1. The van der Waals surface area contributed by atoms with E-state index in [2.05, 4.69) is 10.3 Å². The number of aromatic amines is 1. The van der Waals surface area contributed by atoms with Crippen LogP contribution in [0.25, 0.3) is 10.9 Å². The van der Waals surface area contributed by atoms with E-state index in [0.29, 0.717) is 37.4 Å². The second-order valence-electron chi connectivity index (χ2n) is 10.5.